The van der Waals surface area contributed by atoms with E-state index < -0.39 is 0 Å². The molecule has 17 heavy (non-hydrogen) atoms. The van der Waals surface area contributed by atoms with Gasteiger partial charge in [-0.1, -0.05) is 40.0 Å². The van der Waals surface area contributed by atoms with E-state index in [1.165, 1.54) is 64.6 Å². The molecule has 0 aliphatic heterocycles. The summed E-state index contributed by atoms with van der Waals surface area (Å²) in [5, 5.41) is 3.72. The molecule has 0 aromatic rings. The van der Waals surface area contributed by atoms with Crippen molar-refractivity contribution in [2.24, 2.45) is 0 Å². The Hall–Kier alpha value is -0.0800. The fourth-order valence-corrected chi connectivity index (χ4v) is 3.04. The molecular formula is C15H32N2. The topological polar surface area (TPSA) is 15.3 Å². The molecule has 1 saturated carbocycles. The van der Waals surface area contributed by atoms with E-state index in [1.54, 1.807) is 0 Å². The zero-order valence-corrected chi connectivity index (χ0v) is 12.2. The fourth-order valence-electron chi connectivity index (χ4n) is 3.04. The van der Waals surface area contributed by atoms with E-state index in [1.807, 2.05) is 0 Å². The maximum absolute atomic E-state index is 3.72. The SMILES string of the molecule is CCCNC(CCC)CN(CC)C1CCCC1. The van der Waals surface area contributed by atoms with Gasteiger partial charge in [-0.25, -0.2) is 0 Å². The molecule has 0 aromatic heterocycles. The van der Waals surface area contributed by atoms with Crippen molar-refractivity contribution in [3.63, 3.8) is 0 Å². The Morgan fingerprint density at radius 2 is 1.82 bits per heavy atom. The average molecular weight is 240 g/mol. The van der Waals surface area contributed by atoms with Crippen molar-refractivity contribution < 1.29 is 0 Å². The van der Waals surface area contributed by atoms with Crippen molar-refractivity contribution >= 4 is 0 Å². The molecule has 2 heteroatoms. The lowest BCUT2D eigenvalue weighted by molar-refractivity contribution is 0.182. The average Bonchev–Trinajstić information content (AvgIpc) is 2.86. The van der Waals surface area contributed by atoms with Crippen molar-refractivity contribution in [2.45, 2.75) is 77.8 Å². The van der Waals surface area contributed by atoms with Crippen LogP contribution in [0.1, 0.15) is 65.7 Å². The van der Waals surface area contributed by atoms with Gasteiger partial charge in [0.05, 0.1) is 0 Å². The normalized spacial score (nSPS) is 19.1. The van der Waals surface area contributed by atoms with Gasteiger partial charge in [0.1, 0.15) is 0 Å². The summed E-state index contributed by atoms with van der Waals surface area (Å²) in [6, 6.07) is 1.59. The summed E-state index contributed by atoms with van der Waals surface area (Å²) in [6.07, 6.45) is 9.62. The molecule has 0 spiro atoms. The smallest absolute Gasteiger partial charge is 0.0195 e. The molecule has 1 atom stereocenters. The number of nitrogens with zero attached hydrogens (tertiary/aromatic N) is 1. The number of likely N-dealkylation sites (N-methyl/N-ethyl adjacent to an activating group) is 1. The van der Waals surface area contributed by atoms with Crippen LogP contribution in [-0.2, 0) is 0 Å². The van der Waals surface area contributed by atoms with Crippen LogP contribution < -0.4 is 5.32 Å². The summed E-state index contributed by atoms with van der Waals surface area (Å²) >= 11 is 0. The Labute approximate surface area is 108 Å². The van der Waals surface area contributed by atoms with Gasteiger partial charge in [0.15, 0.2) is 0 Å². The summed E-state index contributed by atoms with van der Waals surface area (Å²) < 4.78 is 0. The molecule has 1 unspecified atom stereocenters. The van der Waals surface area contributed by atoms with Gasteiger partial charge in [-0.3, -0.25) is 4.90 Å². The third-order valence-corrected chi connectivity index (χ3v) is 4.02. The van der Waals surface area contributed by atoms with E-state index >= 15 is 0 Å². The van der Waals surface area contributed by atoms with E-state index in [9.17, 15) is 0 Å². The van der Waals surface area contributed by atoms with Crippen molar-refractivity contribution in [1.82, 2.24) is 10.2 Å². The van der Waals surface area contributed by atoms with Crippen molar-refractivity contribution in [3.05, 3.63) is 0 Å². The molecule has 0 amide bonds. The highest BCUT2D eigenvalue weighted by atomic mass is 15.2. The van der Waals surface area contributed by atoms with Crippen LogP contribution in [0.3, 0.4) is 0 Å². The number of rotatable bonds is 9. The Balaban J connectivity index is 2.37. The van der Waals surface area contributed by atoms with Crippen LogP contribution in [0.5, 0.6) is 0 Å². The Morgan fingerprint density at radius 1 is 1.12 bits per heavy atom. The Kier molecular flexibility index (Phi) is 7.87. The Bertz CT molecular complexity index is 176. The van der Waals surface area contributed by atoms with Crippen LogP contribution in [-0.4, -0.2) is 36.6 Å². The summed E-state index contributed by atoms with van der Waals surface area (Å²) in [5.41, 5.74) is 0. The molecule has 0 heterocycles. The van der Waals surface area contributed by atoms with Crippen LogP contribution in [0.2, 0.25) is 0 Å². The zero-order chi connectivity index (χ0) is 12.5. The minimum Gasteiger partial charge on any atom is -0.313 e. The van der Waals surface area contributed by atoms with Gasteiger partial charge in [-0.15, -0.1) is 0 Å². The first-order chi connectivity index (χ1) is 8.31. The first kappa shape index (κ1) is 15.0. The monoisotopic (exact) mass is 240 g/mol. The summed E-state index contributed by atoms with van der Waals surface area (Å²) in [6.45, 7) is 10.5. The highest BCUT2D eigenvalue weighted by Gasteiger charge is 2.23. The Morgan fingerprint density at radius 3 is 2.35 bits per heavy atom. The highest BCUT2D eigenvalue weighted by Crippen LogP contribution is 2.23. The van der Waals surface area contributed by atoms with Gasteiger partial charge in [-0.05, 0) is 38.8 Å². The lowest BCUT2D eigenvalue weighted by Crippen LogP contribution is -2.44. The van der Waals surface area contributed by atoms with Gasteiger partial charge in [-0.2, -0.15) is 0 Å². The molecule has 0 saturated heterocycles. The first-order valence-electron chi connectivity index (χ1n) is 7.79. The predicted octanol–water partition coefficient (Wildman–Crippen LogP) is 3.42. The highest BCUT2D eigenvalue weighted by molar-refractivity contribution is 4.80. The molecule has 1 fully saturated rings. The van der Waals surface area contributed by atoms with Crippen LogP contribution in [0.4, 0.5) is 0 Å². The van der Waals surface area contributed by atoms with Crippen LogP contribution in [0, 0.1) is 0 Å². The third kappa shape index (κ3) is 5.39. The molecule has 1 aliphatic rings. The van der Waals surface area contributed by atoms with Gasteiger partial charge in [0.25, 0.3) is 0 Å². The van der Waals surface area contributed by atoms with Crippen LogP contribution in [0.25, 0.3) is 0 Å². The van der Waals surface area contributed by atoms with E-state index in [4.69, 9.17) is 0 Å². The largest absolute Gasteiger partial charge is 0.313 e. The van der Waals surface area contributed by atoms with E-state index in [-0.39, 0.29) is 0 Å². The second kappa shape index (κ2) is 8.93. The first-order valence-corrected chi connectivity index (χ1v) is 7.79. The van der Waals surface area contributed by atoms with Gasteiger partial charge in [0.2, 0.25) is 0 Å². The number of hydrogen-bond donors (Lipinski definition) is 1. The lowest BCUT2D eigenvalue weighted by atomic mass is 10.1. The molecule has 0 radical (unpaired) electrons. The number of nitrogens with one attached hydrogen (secondary N) is 1. The molecule has 0 aromatic carbocycles. The summed E-state index contributed by atoms with van der Waals surface area (Å²) in [5.74, 6) is 0. The third-order valence-electron chi connectivity index (χ3n) is 4.02. The zero-order valence-electron chi connectivity index (χ0n) is 12.2. The summed E-state index contributed by atoms with van der Waals surface area (Å²) in [7, 11) is 0. The minimum absolute atomic E-state index is 0.709. The molecule has 1 N–H and O–H groups in total. The second-order valence-corrected chi connectivity index (χ2v) is 5.47. The van der Waals surface area contributed by atoms with Crippen molar-refractivity contribution in [3.8, 4) is 0 Å². The number of hydrogen-bond acceptors (Lipinski definition) is 2. The van der Waals surface area contributed by atoms with Gasteiger partial charge < -0.3 is 5.32 Å². The molecular weight excluding hydrogens is 208 g/mol. The van der Waals surface area contributed by atoms with Crippen LogP contribution in [0.15, 0.2) is 0 Å². The van der Waals surface area contributed by atoms with Crippen molar-refractivity contribution in [1.29, 1.82) is 0 Å². The summed E-state index contributed by atoms with van der Waals surface area (Å²) in [4.78, 5) is 2.72. The van der Waals surface area contributed by atoms with Gasteiger partial charge >= 0.3 is 0 Å². The lowest BCUT2D eigenvalue weighted by Gasteiger charge is -2.32. The standard InChI is InChI=1S/C15H32N2/c1-4-9-14(16-12-5-2)13-17(6-3)15-10-7-8-11-15/h14-16H,4-13H2,1-3H3. The minimum atomic E-state index is 0.709. The molecule has 0 bridgehead atoms. The van der Waals surface area contributed by atoms with Crippen molar-refractivity contribution in [2.75, 3.05) is 19.6 Å². The maximum Gasteiger partial charge on any atom is 0.0195 e. The van der Waals surface area contributed by atoms with Gasteiger partial charge in [0, 0.05) is 18.6 Å². The molecule has 1 aliphatic carbocycles. The quantitative estimate of drug-likeness (QED) is 0.664. The predicted molar refractivity (Wildman–Crippen MR) is 76.5 cm³/mol. The fraction of sp³-hybridized carbons (Fsp3) is 1.00. The van der Waals surface area contributed by atoms with Crippen LogP contribution >= 0.6 is 0 Å². The van der Waals surface area contributed by atoms with E-state index in [2.05, 4.69) is 31.0 Å². The van der Waals surface area contributed by atoms with E-state index in [0.29, 0.717) is 6.04 Å². The molecule has 1 rings (SSSR count). The molecule has 102 valence electrons. The molecule has 2 nitrogen and oxygen atoms in total. The second-order valence-electron chi connectivity index (χ2n) is 5.47. The van der Waals surface area contributed by atoms with E-state index in [0.717, 1.165) is 6.04 Å². The maximum atomic E-state index is 3.72.